The van der Waals surface area contributed by atoms with Crippen LogP contribution < -0.4 is 0 Å². The van der Waals surface area contributed by atoms with E-state index in [0.29, 0.717) is 24.0 Å². The summed E-state index contributed by atoms with van der Waals surface area (Å²) in [4.78, 5) is 33.3. The first-order chi connectivity index (χ1) is 9.88. The number of carboxylic acid groups (broad SMARTS) is 2. The number of carboxylic acids is 2. The number of hydrogen-bond acceptors (Lipinski definition) is 4. The van der Waals surface area contributed by atoms with E-state index < -0.39 is 17.9 Å². The van der Waals surface area contributed by atoms with Crippen LogP contribution in [-0.4, -0.2) is 34.7 Å². The Hall–Kier alpha value is -2.63. The fraction of sp³-hybridized carbons (Fsp3) is 0.267. The number of ether oxygens (including phenoxy) is 1. The van der Waals surface area contributed by atoms with Crippen LogP contribution in [0.25, 0.3) is 0 Å². The van der Waals surface area contributed by atoms with Gasteiger partial charge in [0.05, 0.1) is 17.7 Å². The van der Waals surface area contributed by atoms with Gasteiger partial charge in [0.2, 0.25) is 0 Å². The molecule has 1 aromatic rings. The lowest BCUT2D eigenvalue weighted by molar-refractivity contribution is -0.137. The third kappa shape index (κ3) is 4.17. The Kier molecular flexibility index (Phi) is 5.66. The second-order valence-electron chi connectivity index (χ2n) is 4.37. The van der Waals surface area contributed by atoms with E-state index in [4.69, 9.17) is 9.84 Å². The van der Waals surface area contributed by atoms with Crippen LogP contribution >= 0.6 is 0 Å². The number of aryl methyl sites for hydroxylation is 1. The molecule has 112 valence electrons. The lowest BCUT2D eigenvalue weighted by Gasteiger charge is -2.12. The van der Waals surface area contributed by atoms with Crippen molar-refractivity contribution < 1.29 is 29.3 Å². The summed E-state index contributed by atoms with van der Waals surface area (Å²) < 4.78 is 4.81. The normalized spacial score (nSPS) is 9.95. The summed E-state index contributed by atoms with van der Waals surface area (Å²) in [5.74, 6) is -3.12. The van der Waals surface area contributed by atoms with Crippen LogP contribution in [0.2, 0.25) is 0 Å². The summed E-state index contributed by atoms with van der Waals surface area (Å²) >= 11 is 0. The average Bonchev–Trinajstić information content (AvgIpc) is 2.43. The Bertz CT molecular complexity index is 588. The maximum absolute atomic E-state index is 11.3. The highest BCUT2D eigenvalue weighted by molar-refractivity contribution is 6.03. The zero-order valence-electron chi connectivity index (χ0n) is 11.6. The lowest BCUT2D eigenvalue weighted by Crippen LogP contribution is -2.13. The van der Waals surface area contributed by atoms with Crippen LogP contribution in [0.3, 0.4) is 0 Å². The molecule has 0 aliphatic rings. The van der Waals surface area contributed by atoms with Gasteiger partial charge in [-0.3, -0.25) is 0 Å². The minimum atomic E-state index is -1.29. The summed E-state index contributed by atoms with van der Waals surface area (Å²) in [5, 5.41) is 18.3. The van der Waals surface area contributed by atoms with Gasteiger partial charge in [0.1, 0.15) is 0 Å². The van der Waals surface area contributed by atoms with Crippen LogP contribution in [0, 0.1) is 6.92 Å². The molecule has 0 saturated heterocycles. The smallest absolute Gasteiger partial charge is 0.336 e. The van der Waals surface area contributed by atoms with E-state index >= 15 is 0 Å². The van der Waals surface area contributed by atoms with Crippen LogP contribution in [0.15, 0.2) is 24.8 Å². The molecule has 0 amide bonds. The molecule has 6 heteroatoms. The Morgan fingerprint density at radius 2 is 1.90 bits per heavy atom. The zero-order valence-corrected chi connectivity index (χ0v) is 11.6. The summed E-state index contributed by atoms with van der Waals surface area (Å²) in [6.45, 7) is 5.09. The van der Waals surface area contributed by atoms with E-state index in [2.05, 4.69) is 6.58 Å². The van der Waals surface area contributed by atoms with Crippen molar-refractivity contribution in [2.75, 3.05) is 6.61 Å². The minimum absolute atomic E-state index is 0.112. The minimum Gasteiger partial charge on any atom is -0.478 e. The molecule has 0 radical (unpaired) electrons. The standard InChI is InChI=1S/C15H16O6/c1-3-12(16)21-8-4-5-10-9(2)6-7-11(14(17)18)13(10)15(19)20/h3,6-7H,1,4-5,8H2,2H3,(H,17,18)(H,19,20). The van der Waals surface area contributed by atoms with Crippen molar-refractivity contribution in [3.63, 3.8) is 0 Å². The number of hydrogen-bond donors (Lipinski definition) is 2. The molecule has 6 nitrogen and oxygen atoms in total. The first-order valence-corrected chi connectivity index (χ1v) is 6.26. The molecular formula is C15H16O6. The predicted octanol–water partition coefficient (Wildman–Crippen LogP) is 2.05. The molecule has 0 aliphatic heterocycles. The maximum atomic E-state index is 11.3. The Balaban J connectivity index is 2.97. The molecule has 0 aliphatic carbocycles. The highest BCUT2D eigenvalue weighted by Crippen LogP contribution is 2.21. The van der Waals surface area contributed by atoms with Crippen molar-refractivity contribution in [1.29, 1.82) is 0 Å². The van der Waals surface area contributed by atoms with Crippen molar-refractivity contribution in [1.82, 2.24) is 0 Å². The highest BCUT2D eigenvalue weighted by Gasteiger charge is 2.21. The summed E-state index contributed by atoms with van der Waals surface area (Å²) in [6.07, 6.45) is 1.74. The first kappa shape index (κ1) is 16.4. The van der Waals surface area contributed by atoms with E-state index in [1.54, 1.807) is 13.0 Å². The van der Waals surface area contributed by atoms with Gasteiger partial charge in [-0.25, -0.2) is 14.4 Å². The summed E-state index contributed by atoms with van der Waals surface area (Å²) in [6, 6.07) is 2.85. The van der Waals surface area contributed by atoms with Crippen LogP contribution in [-0.2, 0) is 16.0 Å². The third-order valence-corrected chi connectivity index (χ3v) is 2.97. The number of esters is 1. The van der Waals surface area contributed by atoms with E-state index in [0.717, 1.165) is 6.08 Å². The fourth-order valence-corrected chi connectivity index (χ4v) is 1.98. The van der Waals surface area contributed by atoms with Crippen LogP contribution in [0.4, 0.5) is 0 Å². The van der Waals surface area contributed by atoms with Crippen LogP contribution in [0.5, 0.6) is 0 Å². The third-order valence-electron chi connectivity index (χ3n) is 2.97. The summed E-state index contributed by atoms with van der Waals surface area (Å²) in [5.41, 5.74) is 0.674. The average molecular weight is 292 g/mol. The molecule has 0 atom stereocenters. The van der Waals surface area contributed by atoms with Gasteiger partial charge in [-0.05, 0) is 37.0 Å². The Labute approximate surface area is 121 Å². The van der Waals surface area contributed by atoms with Crippen LogP contribution in [0.1, 0.15) is 38.3 Å². The summed E-state index contributed by atoms with van der Waals surface area (Å²) in [7, 11) is 0. The van der Waals surface area contributed by atoms with Gasteiger partial charge in [-0.15, -0.1) is 0 Å². The predicted molar refractivity (Wildman–Crippen MR) is 74.6 cm³/mol. The molecule has 0 spiro atoms. The SMILES string of the molecule is C=CC(=O)OCCCc1c(C)ccc(C(=O)O)c1C(=O)O. The molecule has 21 heavy (non-hydrogen) atoms. The molecule has 0 bridgehead atoms. The van der Waals surface area contributed by atoms with Crippen molar-refractivity contribution in [3.8, 4) is 0 Å². The van der Waals surface area contributed by atoms with E-state index in [-0.39, 0.29) is 17.7 Å². The highest BCUT2D eigenvalue weighted by atomic mass is 16.5. The molecule has 2 N–H and O–H groups in total. The molecule has 0 aromatic heterocycles. The van der Waals surface area contributed by atoms with E-state index in [1.807, 2.05) is 0 Å². The zero-order chi connectivity index (χ0) is 16.0. The van der Waals surface area contributed by atoms with Gasteiger partial charge in [0.15, 0.2) is 0 Å². The molecule has 1 aromatic carbocycles. The fourth-order valence-electron chi connectivity index (χ4n) is 1.98. The van der Waals surface area contributed by atoms with Gasteiger partial charge in [-0.1, -0.05) is 12.6 Å². The molecule has 0 fully saturated rings. The monoisotopic (exact) mass is 292 g/mol. The molecule has 0 saturated carbocycles. The lowest BCUT2D eigenvalue weighted by atomic mass is 9.93. The Morgan fingerprint density at radius 1 is 1.24 bits per heavy atom. The molecule has 0 heterocycles. The number of carbonyl (C=O) groups excluding carboxylic acids is 1. The molecular weight excluding hydrogens is 276 g/mol. The van der Waals surface area contributed by atoms with Gasteiger partial charge >= 0.3 is 17.9 Å². The van der Waals surface area contributed by atoms with E-state index in [9.17, 15) is 19.5 Å². The van der Waals surface area contributed by atoms with Crippen molar-refractivity contribution in [2.24, 2.45) is 0 Å². The van der Waals surface area contributed by atoms with Gasteiger partial charge in [0.25, 0.3) is 0 Å². The number of aromatic carboxylic acids is 2. The second kappa shape index (κ2) is 7.23. The second-order valence-corrected chi connectivity index (χ2v) is 4.37. The van der Waals surface area contributed by atoms with Gasteiger partial charge in [0, 0.05) is 6.08 Å². The van der Waals surface area contributed by atoms with Crippen molar-refractivity contribution in [3.05, 3.63) is 47.0 Å². The van der Waals surface area contributed by atoms with Crippen molar-refractivity contribution >= 4 is 17.9 Å². The maximum Gasteiger partial charge on any atom is 0.336 e. The Morgan fingerprint density at radius 3 is 2.43 bits per heavy atom. The number of rotatable bonds is 7. The largest absolute Gasteiger partial charge is 0.478 e. The first-order valence-electron chi connectivity index (χ1n) is 6.26. The molecule has 0 unspecified atom stereocenters. The van der Waals surface area contributed by atoms with Gasteiger partial charge in [-0.2, -0.15) is 0 Å². The quantitative estimate of drug-likeness (QED) is 0.453. The van der Waals surface area contributed by atoms with Crippen molar-refractivity contribution in [2.45, 2.75) is 19.8 Å². The van der Waals surface area contributed by atoms with Gasteiger partial charge < -0.3 is 14.9 Å². The number of benzene rings is 1. The topological polar surface area (TPSA) is 101 Å². The number of carbonyl (C=O) groups is 3. The molecule has 1 rings (SSSR count). The van der Waals surface area contributed by atoms with E-state index in [1.165, 1.54) is 6.07 Å².